The van der Waals surface area contributed by atoms with Crippen LogP contribution in [0.5, 0.6) is 0 Å². The Balaban J connectivity index is 2.88. The lowest BCUT2D eigenvalue weighted by Gasteiger charge is -2.27. The van der Waals surface area contributed by atoms with Crippen LogP contribution in [0.15, 0.2) is 18.2 Å². The molecule has 0 bridgehead atoms. The second-order valence-electron chi connectivity index (χ2n) is 6.24. The summed E-state index contributed by atoms with van der Waals surface area (Å²) in [6, 6.07) is 7.94. The molecule has 0 saturated carbocycles. The van der Waals surface area contributed by atoms with Crippen LogP contribution in [-0.4, -0.2) is 13.1 Å². The monoisotopic (exact) mass is 273 g/mol. The number of rotatable bonds is 7. The van der Waals surface area contributed by atoms with Crippen molar-refractivity contribution in [1.29, 1.82) is 5.26 Å². The van der Waals surface area contributed by atoms with Crippen LogP contribution in [0, 0.1) is 23.2 Å². The van der Waals surface area contributed by atoms with Gasteiger partial charge in [0, 0.05) is 24.5 Å². The summed E-state index contributed by atoms with van der Waals surface area (Å²) in [5, 5.41) is 9.11. The summed E-state index contributed by atoms with van der Waals surface area (Å²) in [7, 11) is 0. The van der Waals surface area contributed by atoms with Gasteiger partial charge in [0.05, 0.1) is 5.56 Å². The van der Waals surface area contributed by atoms with Crippen LogP contribution in [-0.2, 0) is 0 Å². The lowest BCUT2D eigenvalue weighted by molar-refractivity contribution is 0.535. The highest BCUT2D eigenvalue weighted by molar-refractivity contribution is 5.62. The van der Waals surface area contributed by atoms with Crippen LogP contribution in [0.3, 0.4) is 0 Å². The number of anilines is 2. The molecule has 3 heteroatoms. The number of nitriles is 1. The van der Waals surface area contributed by atoms with Crippen LogP contribution in [0.25, 0.3) is 0 Å². The third-order valence-electron chi connectivity index (χ3n) is 3.48. The first-order valence-electron chi connectivity index (χ1n) is 7.48. The molecule has 0 unspecified atom stereocenters. The molecule has 0 fully saturated rings. The molecule has 2 N–H and O–H groups in total. The molecule has 0 spiro atoms. The Bertz CT molecular complexity index is 446. The van der Waals surface area contributed by atoms with Crippen molar-refractivity contribution in [1.82, 2.24) is 0 Å². The minimum atomic E-state index is 0.559. The molecule has 0 heterocycles. The van der Waals surface area contributed by atoms with Crippen molar-refractivity contribution in [3.05, 3.63) is 23.8 Å². The number of nitrogen functional groups attached to an aromatic ring is 1. The number of nitrogens with two attached hydrogens (primary N) is 1. The summed E-state index contributed by atoms with van der Waals surface area (Å²) >= 11 is 0. The Kier molecular flexibility index (Phi) is 6.38. The van der Waals surface area contributed by atoms with Gasteiger partial charge in [-0.05, 0) is 42.9 Å². The van der Waals surface area contributed by atoms with Crippen LogP contribution in [0.1, 0.15) is 46.1 Å². The smallest absolute Gasteiger partial charge is 0.101 e. The molecule has 0 aliphatic carbocycles. The van der Waals surface area contributed by atoms with Crippen molar-refractivity contribution in [2.45, 2.75) is 40.5 Å². The molecule has 20 heavy (non-hydrogen) atoms. The first-order valence-corrected chi connectivity index (χ1v) is 7.48. The summed E-state index contributed by atoms with van der Waals surface area (Å²) in [5.41, 5.74) is 8.04. The third-order valence-corrected chi connectivity index (χ3v) is 3.48. The minimum Gasteiger partial charge on any atom is -0.398 e. The maximum atomic E-state index is 9.11. The van der Waals surface area contributed by atoms with E-state index in [-0.39, 0.29) is 0 Å². The molecule has 0 atom stereocenters. The zero-order valence-electron chi connectivity index (χ0n) is 13.2. The van der Waals surface area contributed by atoms with Crippen LogP contribution in [0.2, 0.25) is 0 Å². The molecule has 0 saturated heterocycles. The first kappa shape index (κ1) is 16.4. The van der Waals surface area contributed by atoms with E-state index < -0.39 is 0 Å². The molecule has 1 rings (SSSR count). The molecule has 1 aromatic carbocycles. The number of nitrogens with zero attached hydrogens (tertiary/aromatic N) is 2. The second kappa shape index (κ2) is 7.79. The van der Waals surface area contributed by atoms with Gasteiger partial charge in [0.1, 0.15) is 6.07 Å². The summed E-state index contributed by atoms with van der Waals surface area (Å²) in [6.07, 6.45) is 2.31. The lowest BCUT2D eigenvalue weighted by Crippen LogP contribution is -2.27. The molecule has 0 aliphatic heterocycles. The second-order valence-corrected chi connectivity index (χ2v) is 6.24. The predicted molar refractivity (Wildman–Crippen MR) is 86.7 cm³/mol. The number of hydrogen-bond donors (Lipinski definition) is 1. The zero-order valence-corrected chi connectivity index (χ0v) is 13.2. The summed E-state index contributed by atoms with van der Waals surface area (Å²) in [5.74, 6) is 1.36. The Morgan fingerprint density at radius 1 is 1.10 bits per heavy atom. The average Bonchev–Trinajstić information content (AvgIpc) is 2.39. The summed E-state index contributed by atoms with van der Waals surface area (Å²) in [6.45, 7) is 11.0. The zero-order chi connectivity index (χ0) is 15.1. The minimum absolute atomic E-state index is 0.559. The van der Waals surface area contributed by atoms with Crippen molar-refractivity contribution in [3.63, 3.8) is 0 Å². The van der Waals surface area contributed by atoms with Crippen molar-refractivity contribution in [3.8, 4) is 6.07 Å². The summed E-state index contributed by atoms with van der Waals surface area (Å²) in [4.78, 5) is 2.38. The molecule has 0 amide bonds. The SMILES string of the molecule is CC(C)CCN(CCC(C)C)c1ccc(N)c(C#N)c1. The van der Waals surface area contributed by atoms with Crippen molar-refractivity contribution in [2.24, 2.45) is 11.8 Å². The highest BCUT2D eigenvalue weighted by atomic mass is 15.1. The van der Waals surface area contributed by atoms with Gasteiger partial charge in [-0.3, -0.25) is 0 Å². The third kappa shape index (κ3) is 5.13. The Morgan fingerprint density at radius 2 is 1.65 bits per heavy atom. The highest BCUT2D eigenvalue weighted by Crippen LogP contribution is 2.22. The molecule has 0 radical (unpaired) electrons. The van der Waals surface area contributed by atoms with Gasteiger partial charge in [-0.1, -0.05) is 27.7 Å². The maximum absolute atomic E-state index is 9.11. The number of hydrogen-bond acceptors (Lipinski definition) is 3. The first-order chi connectivity index (χ1) is 9.43. The van der Waals surface area contributed by atoms with E-state index >= 15 is 0 Å². The van der Waals surface area contributed by atoms with Gasteiger partial charge in [-0.2, -0.15) is 5.26 Å². The van der Waals surface area contributed by atoms with E-state index in [1.54, 1.807) is 0 Å². The Hall–Kier alpha value is -1.69. The fourth-order valence-electron chi connectivity index (χ4n) is 2.04. The fourth-order valence-corrected chi connectivity index (χ4v) is 2.04. The van der Waals surface area contributed by atoms with Crippen molar-refractivity contribution >= 4 is 11.4 Å². The van der Waals surface area contributed by atoms with Gasteiger partial charge in [0.15, 0.2) is 0 Å². The van der Waals surface area contributed by atoms with E-state index in [2.05, 4.69) is 38.7 Å². The molecule has 3 nitrogen and oxygen atoms in total. The Morgan fingerprint density at radius 3 is 2.10 bits per heavy atom. The average molecular weight is 273 g/mol. The largest absolute Gasteiger partial charge is 0.398 e. The van der Waals surface area contributed by atoms with Gasteiger partial charge >= 0.3 is 0 Å². The topological polar surface area (TPSA) is 53.0 Å². The summed E-state index contributed by atoms with van der Waals surface area (Å²) < 4.78 is 0. The molecular weight excluding hydrogens is 246 g/mol. The van der Waals surface area contributed by atoms with Crippen molar-refractivity contribution < 1.29 is 0 Å². The van der Waals surface area contributed by atoms with Gasteiger partial charge in [-0.25, -0.2) is 0 Å². The van der Waals surface area contributed by atoms with E-state index in [1.165, 1.54) is 0 Å². The van der Waals surface area contributed by atoms with Crippen LogP contribution in [0.4, 0.5) is 11.4 Å². The molecule has 0 aliphatic rings. The van der Waals surface area contributed by atoms with Gasteiger partial charge < -0.3 is 10.6 Å². The van der Waals surface area contributed by atoms with Gasteiger partial charge in [-0.15, -0.1) is 0 Å². The highest BCUT2D eigenvalue weighted by Gasteiger charge is 2.10. The fraction of sp³-hybridized carbons (Fsp3) is 0.588. The van der Waals surface area contributed by atoms with Crippen LogP contribution < -0.4 is 10.6 Å². The van der Waals surface area contributed by atoms with Gasteiger partial charge in [0.25, 0.3) is 0 Å². The lowest BCUT2D eigenvalue weighted by atomic mass is 10.1. The van der Waals surface area contributed by atoms with Gasteiger partial charge in [0.2, 0.25) is 0 Å². The Labute approximate surface area is 123 Å². The molecule has 110 valence electrons. The van der Waals surface area contributed by atoms with E-state index in [0.717, 1.165) is 31.6 Å². The van der Waals surface area contributed by atoms with Crippen molar-refractivity contribution in [2.75, 3.05) is 23.7 Å². The predicted octanol–water partition coefficient (Wildman–Crippen LogP) is 4.04. The quantitative estimate of drug-likeness (QED) is 0.763. The standard InChI is InChI=1S/C17H27N3/c1-13(2)7-9-20(10-8-14(3)4)16-5-6-17(19)15(11-16)12-18/h5-6,11,13-14H,7-10,19H2,1-4H3. The van der Waals surface area contributed by atoms with E-state index in [1.807, 2.05) is 18.2 Å². The normalized spacial score (nSPS) is 10.8. The van der Waals surface area contributed by atoms with E-state index in [0.29, 0.717) is 23.1 Å². The molecule has 0 aromatic heterocycles. The maximum Gasteiger partial charge on any atom is 0.101 e. The molecule has 1 aromatic rings. The number of benzene rings is 1. The molecular formula is C17H27N3. The van der Waals surface area contributed by atoms with Crippen LogP contribution >= 0.6 is 0 Å². The van der Waals surface area contributed by atoms with E-state index in [4.69, 9.17) is 11.0 Å². The van der Waals surface area contributed by atoms with E-state index in [9.17, 15) is 0 Å².